The van der Waals surface area contributed by atoms with Gasteiger partial charge in [-0.25, -0.2) is 9.78 Å². The van der Waals surface area contributed by atoms with Crippen LogP contribution in [0.3, 0.4) is 0 Å². The molecule has 1 amide bonds. The van der Waals surface area contributed by atoms with E-state index in [1.807, 2.05) is 58.9 Å². The van der Waals surface area contributed by atoms with Crippen LogP contribution in [0.1, 0.15) is 41.9 Å². The van der Waals surface area contributed by atoms with Crippen molar-refractivity contribution >= 4 is 23.1 Å². The highest BCUT2D eigenvalue weighted by atomic mass is 32.1. The lowest BCUT2D eigenvalue weighted by molar-refractivity contribution is 0.0636. The second kappa shape index (κ2) is 7.77. The highest BCUT2D eigenvalue weighted by Crippen LogP contribution is 2.17. The van der Waals surface area contributed by atoms with Crippen molar-refractivity contribution in [2.75, 3.05) is 5.32 Å². The average molecular weight is 347 g/mol. The number of rotatable bonds is 5. The summed E-state index contributed by atoms with van der Waals surface area (Å²) in [5.41, 5.74) is 2.48. The molecule has 0 fully saturated rings. The van der Waals surface area contributed by atoms with E-state index in [-0.39, 0.29) is 0 Å². The van der Waals surface area contributed by atoms with Gasteiger partial charge in [-0.05, 0) is 52.3 Å². The first-order valence-corrected chi connectivity index (χ1v) is 8.77. The van der Waals surface area contributed by atoms with Gasteiger partial charge in [-0.2, -0.15) is 0 Å². The number of aryl methyl sites for hydroxylation is 2. The van der Waals surface area contributed by atoms with Gasteiger partial charge in [0, 0.05) is 23.7 Å². The van der Waals surface area contributed by atoms with Crippen LogP contribution in [0.15, 0.2) is 24.3 Å². The molecule has 0 bridgehead atoms. The number of ether oxygens (including phenoxy) is 1. The van der Waals surface area contributed by atoms with Crippen molar-refractivity contribution in [1.82, 2.24) is 10.3 Å². The minimum atomic E-state index is -0.499. The molecule has 2 rings (SSSR count). The van der Waals surface area contributed by atoms with Crippen molar-refractivity contribution in [3.8, 4) is 0 Å². The summed E-state index contributed by atoms with van der Waals surface area (Å²) in [5.74, 6) is 0. The molecular weight excluding hydrogens is 322 g/mol. The number of amides is 1. The number of hydrogen-bond donors (Lipinski definition) is 2. The normalized spacial score (nSPS) is 11.4. The maximum Gasteiger partial charge on any atom is 0.412 e. The zero-order valence-electron chi connectivity index (χ0n) is 14.9. The van der Waals surface area contributed by atoms with Crippen LogP contribution >= 0.6 is 11.3 Å². The van der Waals surface area contributed by atoms with Crippen LogP contribution < -0.4 is 10.6 Å². The van der Waals surface area contributed by atoms with E-state index < -0.39 is 11.7 Å². The van der Waals surface area contributed by atoms with Crippen LogP contribution in [0.25, 0.3) is 0 Å². The van der Waals surface area contributed by atoms with Crippen molar-refractivity contribution in [1.29, 1.82) is 0 Å². The molecule has 0 spiro atoms. The summed E-state index contributed by atoms with van der Waals surface area (Å²) < 4.78 is 5.23. The van der Waals surface area contributed by atoms with Gasteiger partial charge in [0.1, 0.15) is 5.60 Å². The van der Waals surface area contributed by atoms with Crippen LogP contribution in [0.5, 0.6) is 0 Å². The highest BCUT2D eigenvalue weighted by molar-refractivity contribution is 7.11. The Morgan fingerprint density at radius 1 is 1.17 bits per heavy atom. The van der Waals surface area contributed by atoms with E-state index in [4.69, 9.17) is 4.74 Å². The Balaban J connectivity index is 1.81. The van der Waals surface area contributed by atoms with Gasteiger partial charge >= 0.3 is 6.09 Å². The Kier molecular flexibility index (Phi) is 5.96. The van der Waals surface area contributed by atoms with Gasteiger partial charge in [-0.15, -0.1) is 11.3 Å². The standard InChI is InChI=1S/C18H25N3O2S/c1-12-16(24-13(2)20-12)11-19-10-14-6-8-15(9-7-14)21-17(22)23-18(3,4)5/h6-9,19H,10-11H2,1-5H3,(H,21,22). The first-order chi connectivity index (χ1) is 11.2. The number of carbonyl (C=O) groups excluding carboxylic acids is 1. The smallest absolute Gasteiger partial charge is 0.412 e. The minimum absolute atomic E-state index is 0.440. The Hall–Kier alpha value is -1.92. The molecule has 1 aromatic carbocycles. The second-order valence-electron chi connectivity index (χ2n) is 6.67. The number of anilines is 1. The molecule has 0 unspecified atom stereocenters. The van der Waals surface area contributed by atoms with E-state index in [1.54, 1.807) is 11.3 Å². The van der Waals surface area contributed by atoms with Crippen LogP contribution in [0.4, 0.5) is 10.5 Å². The number of nitrogens with one attached hydrogen (secondary N) is 2. The van der Waals surface area contributed by atoms with Crippen LogP contribution in [0.2, 0.25) is 0 Å². The van der Waals surface area contributed by atoms with Gasteiger partial charge in [0.2, 0.25) is 0 Å². The molecule has 2 aromatic rings. The molecule has 24 heavy (non-hydrogen) atoms. The molecule has 1 aromatic heterocycles. The van der Waals surface area contributed by atoms with E-state index in [9.17, 15) is 4.79 Å². The molecule has 0 saturated heterocycles. The van der Waals surface area contributed by atoms with E-state index in [0.717, 1.165) is 35.0 Å². The summed E-state index contributed by atoms with van der Waals surface area (Å²) in [4.78, 5) is 17.4. The molecule has 0 aliphatic carbocycles. The zero-order chi connectivity index (χ0) is 17.7. The Labute approximate surface area is 147 Å². The average Bonchev–Trinajstić information content (AvgIpc) is 2.77. The number of thiazole rings is 1. The molecule has 0 aliphatic heterocycles. The fraction of sp³-hybridized carbons (Fsp3) is 0.444. The second-order valence-corrected chi connectivity index (χ2v) is 7.96. The maximum atomic E-state index is 11.7. The largest absolute Gasteiger partial charge is 0.444 e. The summed E-state index contributed by atoms with van der Waals surface area (Å²) in [7, 11) is 0. The predicted octanol–water partition coefficient (Wildman–Crippen LogP) is 4.40. The third kappa shape index (κ3) is 5.94. The lowest BCUT2D eigenvalue weighted by Gasteiger charge is -2.19. The summed E-state index contributed by atoms with van der Waals surface area (Å²) in [5, 5.41) is 7.25. The van der Waals surface area contributed by atoms with E-state index in [2.05, 4.69) is 15.6 Å². The lowest BCUT2D eigenvalue weighted by Crippen LogP contribution is -2.27. The summed E-state index contributed by atoms with van der Waals surface area (Å²) in [6.07, 6.45) is -0.440. The van der Waals surface area contributed by atoms with Crippen molar-refractivity contribution in [3.05, 3.63) is 45.4 Å². The molecule has 5 nitrogen and oxygen atoms in total. The van der Waals surface area contributed by atoms with Gasteiger partial charge in [0.05, 0.1) is 10.7 Å². The van der Waals surface area contributed by atoms with Crippen molar-refractivity contribution < 1.29 is 9.53 Å². The number of benzene rings is 1. The van der Waals surface area contributed by atoms with Crippen LogP contribution in [0, 0.1) is 13.8 Å². The van der Waals surface area contributed by atoms with Crippen LogP contribution in [-0.4, -0.2) is 16.7 Å². The molecule has 2 N–H and O–H groups in total. The number of aromatic nitrogens is 1. The third-order valence-corrected chi connectivity index (χ3v) is 4.29. The lowest BCUT2D eigenvalue weighted by atomic mass is 10.2. The monoisotopic (exact) mass is 347 g/mol. The van der Waals surface area contributed by atoms with E-state index in [1.165, 1.54) is 4.88 Å². The molecule has 0 atom stereocenters. The Morgan fingerprint density at radius 2 is 1.83 bits per heavy atom. The summed E-state index contributed by atoms with van der Waals surface area (Å²) in [6, 6.07) is 7.74. The van der Waals surface area contributed by atoms with Crippen LogP contribution in [-0.2, 0) is 17.8 Å². The Bertz CT molecular complexity index is 687. The topological polar surface area (TPSA) is 63.2 Å². The van der Waals surface area contributed by atoms with Gasteiger partial charge in [-0.1, -0.05) is 12.1 Å². The summed E-state index contributed by atoms with van der Waals surface area (Å²) >= 11 is 1.73. The van der Waals surface area contributed by atoms with Crippen molar-refractivity contribution in [3.63, 3.8) is 0 Å². The fourth-order valence-electron chi connectivity index (χ4n) is 2.19. The predicted molar refractivity (Wildman–Crippen MR) is 98.4 cm³/mol. The summed E-state index contributed by atoms with van der Waals surface area (Å²) in [6.45, 7) is 11.2. The molecule has 0 saturated carbocycles. The van der Waals surface area contributed by atoms with E-state index in [0.29, 0.717) is 0 Å². The number of carbonyl (C=O) groups is 1. The highest BCUT2D eigenvalue weighted by Gasteiger charge is 2.16. The molecule has 1 heterocycles. The van der Waals surface area contributed by atoms with Gasteiger partial charge in [-0.3, -0.25) is 5.32 Å². The zero-order valence-corrected chi connectivity index (χ0v) is 15.7. The first-order valence-electron chi connectivity index (χ1n) is 7.95. The van der Waals surface area contributed by atoms with Crippen molar-refractivity contribution in [2.45, 2.75) is 53.3 Å². The SMILES string of the molecule is Cc1nc(C)c(CNCc2ccc(NC(=O)OC(C)(C)C)cc2)s1. The van der Waals surface area contributed by atoms with Gasteiger partial charge in [0.15, 0.2) is 0 Å². The van der Waals surface area contributed by atoms with Gasteiger partial charge < -0.3 is 10.1 Å². The number of nitrogens with zero attached hydrogens (tertiary/aromatic N) is 1. The number of hydrogen-bond acceptors (Lipinski definition) is 5. The molecule has 6 heteroatoms. The fourth-order valence-corrected chi connectivity index (χ4v) is 3.09. The molecule has 0 radical (unpaired) electrons. The quantitative estimate of drug-likeness (QED) is 0.841. The van der Waals surface area contributed by atoms with Crippen molar-refractivity contribution in [2.24, 2.45) is 0 Å². The third-order valence-electron chi connectivity index (χ3n) is 3.21. The maximum absolute atomic E-state index is 11.7. The minimum Gasteiger partial charge on any atom is -0.444 e. The van der Waals surface area contributed by atoms with E-state index >= 15 is 0 Å². The Morgan fingerprint density at radius 3 is 2.38 bits per heavy atom. The molecule has 0 aliphatic rings. The first kappa shape index (κ1) is 18.4. The molecule has 130 valence electrons. The molecular formula is C18H25N3O2S. The van der Waals surface area contributed by atoms with Gasteiger partial charge in [0.25, 0.3) is 0 Å².